The summed E-state index contributed by atoms with van der Waals surface area (Å²) in [7, 11) is 0. The van der Waals surface area contributed by atoms with E-state index in [2.05, 4.69) is 10.3 Å². The number of hydrogen-bond donors (Lipinski definition) is 7. The van der Waals surface area contributed by atoms with Crippen molar-refractivity contribution in [2.24, 2.45) is 17.4 Å². The average Bonchev–Trinajstić information content (AvgIpc) is 2.94. The maximum Gasteiger partial charge on any atom is 0.172 e. The van der Waals surface area contributed by atoms with Crippen LogP contribution in [0.3, 0.4) is 0 Å². The number of nitrogens with one attached hydrogen (secondary N) is 1. The van der Waals surface area contributed by atoms with E-state index in [0.29, 0.717) is 12.7 Å². The van der Waals surface area contributed by atoms with Crippen molar-refractivity contribution in [1.82, 2.24) is 9.55 Å². The number of aromatic nitrogens is 2. The summed E-state index contributed by atoms with van der Waals surface area (Å²) < 4.78 is 7.15. The smallest absolute Gasteiger partial charge is 0.172 e. The molecule has 0 amide bonds. The van der Waals surface area contributed by atoms with E-state index in [1.807, 2.05) is 0 Å². The quantitative estimate of drug-likeness (QED) is 0.208. The Labute approximate surface area is 144 Å². The maximum absolute atomic E-state index is 11.2. The van der Waals surface area contributed by atoms with Gasteiger partial charge in [-0.05, 0) is 6.42 Å². The molecule has 142 valence electrons. The molecule has 0 spiro atoms. The molecule has 1 fully saturated rings. The second-order valence-corrected chi connectivity index (χ2v) is 5.97. The van der Waals surface area contributed by atoms with Crippen molar-refractivity contribution in [2.75, 3.05) is 11.9 Å². The van der Waals surface area contributed by atoms with E-state index in [1.54, 1.807) is 6.92 Å². The Morgan fingerprint density at radius 1 is 1.36 bits per heavy atom. The molecule has 6 atom stereocenters. The third-order valence-corrected chi connectivity index (χ3v) is 4.36. The molecule has 0 saturated carbocycles. The number of aliphatic hydroxyl groups excluding tert-OH is 4. The van der Waals surface area contributed by atoms with E-state index in [0.717, 1.165) is 0 Å². The first-order valence-electron chi connectivity index (χ1n) is 7.95. The minimum Gasteiger partial charge on any atom is -0.394 e. The summed E-state index contributed by atoms with van der Waals surface area (Å²) in [6.45, 7) is 1.19. The van der Waals surface area contributed by atoms with Crippen LogP contribution in [0.2, 0.25) is 0 Å². The van der Waals surface area contributed by atoms with Crippen LogP contribution in [0, 0.1) is 5.92 Å². The number of aldehydes is 1. The number of hydrogen-bond acceptors (Lipinski definition) is 10. The lowest BCUT2D eigenvalue weighted by molar-refractivity contribution is -0.136. The maximum atomic E-state index is 11.2. The number of carbonyl (C=O) groups is 1. The van der Waals surface area contributed by atoms with Crippen LogP contribution < -0.4 is 16.8 Å². The van der Waals surface area contributed by atoms with Crippen LogP contribution in [0.5, 0.6) is 0 Å². The minimum atomic E-state index is -1.51. The van der Waals surface area contributed by atoms with Crippen molar-refractivity contribution < 1.29 is 30.0 Å². The summed E-state index contributed by atoms with van der Waals surface area (Å²) in [6.07, 6.45) is -5.22. The average molecular weight is 359 g/mol. The van der Waals surface area contributed by atoms with Gasteiger partial charge in [0.15, 0.2) is 6.29 Å². The molecular weight excluding hydrogens is 334 g/mol. The Hall–Kier alpha value is -1.60. The number of aliphatic hydroxyl groups is 4. The first-order valence-corrected chi connectivity index (χ1v) is 7.95. The first kappa shape index (κ1) is 19.7. The van der Waals surface area contributed by atoms with Gasteiger partial charge in [-0.25, -0.2) is 4.98 Å². The van der Waals surface area contributed by atoms with Crippen LogP contribution in [0.1, 0.15) is 30.1 Å². The SMILES string of the molecule is CC[C@H]1[C@H](O)[C@H](O)[C@H](O)[C@@H](CO)O[C@H]1n1cnc(C=O)c1NC(N)N. The summed E-state index contributed by atoms with van der Waals surface area (Å²) in [5, 5.41) is 42.8. The molecule has 0 unspecified atom stereocenters. The normalized spacial score (nSPS) is 33.3. The molecule has 1 aromatic rings. The molecule has 11 heteroatoms. The number of nitrogens with zero attached hydrogens (tertiary/aromatic N) is 2. The Morgan fingerprint density at radius 3 is 2.56 bits per heavy atom. The van der Waals surface area contributed by atoms with Crippen LogP contribution >= 0.6 is 0 Å². The van der Waals surface area contributed by atoms with Crippen LogP contribution in [0.25, 0.3) is 0 Å². The van der Waals surface area contributed by atoms with Crippen LogP contribution in [0.4, 0.5) is 5.82 Å². The predicted octanol–water partition coefficient (Wildman–Crippen LogP) is -2.69. The van der Waals surface area contributed by atoms with Crippen LogP contribution in [-0.2, 0) is 4.74 Å². The van der Waals surface area contributed by atoms with Crippen molar-refractivity contribution >= 4 is 12.1 Å². The second kappa shape index (κ2) is 8.19. The fourth-order valence-corrected chi connectivity index (χ4v) is 3.03. The largest absolute Gasteiger partial charge is 0.394 e. The molecule has 9 N–H and O–H groups in total. The van der Waals surface area contributed by atoms with Crippen molar-refractivity contribution in [3.63, 3.8) is 0 Å². The second-order valence-electron chi connectivity index (χ2n) is 5.97. The summed E-state index contributed by atoms with van der Waals surface area (Å²) >= 11 is 0. The van der Waals surface area contributed by atoms with Gasteiger partial charge in [0.1, 0.15) is 42.3 Å². The molecule has 11 nitrogen and oxygen atoms in total. The number of ether oxygens (including phenoxy) is 1. The Balaban J connectivity index is 2.50. The van der Waals surface area contributed by atoms with Crippen molar-refractivity contribution in [3.8, 4) is 0 Å². The van der Waals surface area contributed by atoms with Gasteiger partial charge in [0.25, 0.3) is 0 Å². The zero-order valence-electron chi connectivity index (χ0n) is 13.8. The summed E-state index contributed by atoms with van der Waals surface area (Å²) in [5.74, 6) is -0.493. The van der Waals surface area contributed by atoms with Crippen molar-refractivity contribution in [2.45, 2.75) is 50.3 Å². The third-order valence-electron chi connectivity index (χ3n) is 4.36. The molecule has 1 aromatic heterocycles. The van der Waals surface area contributed by atoms with Crippen LogP contribution in [-0.4, -0.2) is 73.6 Å². The third kappa shape index (κ3) is 3.82. The molecule has 0 radical (unpaired) electrons. The lowest BCUT2D eigenvalue weighted by Gasteiger charge is -2.31. The number of nitrogens with two attached hydrogens (primary N) is 2. The number of anilines is 1. The number of rotatable bonds is 6. The van der Waals surface area contributed by atoms with E-state index in [-0.39, 0.29) is 11.5 Å². The first-order chi connectivity index (χ1) is 11.8. The zero-order chi connectivity index (χ0) is 18.7. The monoisotopic (exact) mass is 359 g/mol. The van der Waals surface area contributed by atoms with Gasteiger partial charge < -0.3 is 30.5 Å². The molecule has 0 aromatic carbocycles. The standard InChI is InChI=1S/C14H25N5O6/c1-2-6-9(22)11(24)10(23)8(4-21)25-13(6)19-5-17-7(3-20)12(19)18-14(15)16/h3,5-6,8-11,13-14,18,21-24H,2,4,15-16H2,1H3/t6-,8+,9-,10+,11-,13+/m0/s1. The predicted molar refractivity (Wildman–Crippen MR) is 86.2 cm³/mol. The lowest BCUT2D eigenvalue weighted by Crippen LogP contribution is -2.45. The van der Waals surface area contributed by atoms with Crippen molar-refractivity contribution in [3.05, 3.63) is 12.0 Å². The van der Waals surface area contributed by atoms with Gasteiger partial charge in [0, 0.05) is 5.92 Å². The number of carbonyl (C=O) groups excluding carboxylic acids is 1. The van der Waals surface area contributed by atoms with Crippen LogP contribution in [0.15, 0.2) is 6.33 Å². The highest BCUT2D eigenvalue weighted by Crippen LogP contribution is 2.36. The minimum absolute atomic E-state index is 0.0275. The number of imidazole rings is 1. The highest BCUT2D eigenvalue weighted by atomic mass is 16.5. The molecule has 1 aliphatic rings. The highest BCUT2D eigenvalue weighted by Gasteiger charge is 2.45. The van der Waals surface area contributed by atoms with E-state index < -0.39 is 49.5 Å². The molecule has 25 heavy (non-hydrogen) atoms. The van der Waals surface area contributed by atoms with E-state index in [4.69, 9.17) is 16.2 Å². The van der Waals surface area contributed by atoms with Gasteiger partial charge in [0.05, 0.1) is 19.0 Å². The molecule has 2 rings (SSSR count). The van der Waals surface area contributed by atoms with E-state index in [1.165, 1.54) is 10.9 Å². The lowest BCUT2D eigenvalue weighted by atomic mass is 9.91. The molecule has 0 bridgehead atoms. The topological polar surface area (TPSA) is 189 Å². The van der Waals surface area contributed by atoms with E-state index in [9.17, 15) is 25.2 Å². The Kier molecular flexibility index (Phi) is 6.46. The fraction of sp³-hybridized carbons (Fsp3) is 0.714. The zero-order valence-corrected chi connectivity index (χ0v) is 13.8. The van der Waals surface area contributed by atoms with Crippen molar-refractivity contribution in [1.29, 1.82) is 0 Å². The Morgan fingerprint density at radius 2 is 2.04 bits per heavy atom. The van der Waals surface area contributed by atoms with Gasteiger partial charge in [-0.15, -0.1) is 0 Å². The van der Waals surface area contributed by atoms with Gasteiger partial charge in [-0.1, -0.05) is 6.92 Å². The van der Waals surface area contributed by atoms with Gasteiger partial charge in [-0.2, -0.15) is 0 Å². The summed E-state index contributed by atoms with van der Waals surface area (Å²) in [5.41, 5.74) is 11.1. The van der Waals surface area contributed by atoms with Gasteiger partial charge >= 0.3 is 0 Å². The van der Waals surface area contributed by atoms with Gasteiger partial charge in [0.2, 0.25) is 0 Å². The highest BCUT2D eigenvalue weighted by molar-refractivity contribution is 5.80. The fourth-order valence-electron chi connectivity index (χ4n) is 3.03. The summed E-state index contributed by atoms with van der Waals surface area (Å²) in [4.78, 5) is 15.2. The Bertz CT molecular complexity index is 582. The molecule has 1 saturated heterocycles. The van der Waals surface area contributed by atoms with Gasteiger partial charge in [-0.3, -0.25) is 20.8 Å². The molecule has 0 aliphatic carbocycles. The summed E-state index contributed by atoms with van der Waals surface area (Å²) in [6, 6.07) is 0. The molecular formula is C14H25N5O6. The van der Waals surface area contributed by atoms with E-state index >= 15 is 0 Å². The molecule has 1 aliphatic heterocycles. The molecule has 2 heterocycles.